The van der Waals surface area contributed by atoms with Gasteiger partial charge in [0.25, 0.3) is 5.91 Å². The molecule has 10 nitrogen and oxygen atoms in total. The third kappa shape index (κ3) is 10.8. The standard InChI is InChI=1S/C18H25N3O7/c1-13(22)19-6-7-20-16(23)5-9-27-10-8-21-17(24)12-28-15-4-2-3-14(11-15)18(25)26/h2-4,11H,5-10,12H2,1H3,(H,19,22)(H,20,23)(H,21,24)(H,25,26). The quantitative estimate of drug-likeness (QED) is 0.331. The number of carboxylic acid groups (broad SMARTS) is 1. The van der Waals surface area contributed by atoms with Gasteiger partial charge in [0, 0.05) is 33.0 Å². The van der Waals surface area contributed by atoms with Gasteiger partial charge in [0.05, 0.1) is 18.8 Å². The van der Waals surface area contributed by atoms with Crippen molar-refractivity contribution in [1.29, 1.82) is 0 Å². The second kappa shape index (κ2) is 13.1. The van der Waals surface area contributed by atoms with Gasteiger partial charge < -0.3 is 30.5 Å². The van der Waals surface area contributed by atoms with Crippen LogP contribution in [0.4, 0.5) is 0 Å². The van der Waals surface area contributed by atoms with Gasteiger partial charge in [0.1, 0.15) is 5.75 Å². The van der Waals surface area contributed by atoms with Crippen LogP contribution < -0.4 is 20.7 Å². The lowest BCUT2D eigenvalue weighted by Crippen LogP contribution is -2.34. The molecule has 1 rings (SSSR count). The summed E-state index contributed by atoms with van der Waals surface area (Å²) in [6.07, 6.45) is 0.178. The van der Waals surface area contributed by atoms with Gasteiger partial charge in [-0.3, -0.25) is 14.4 Å². The zero-order valence-corrected chi connectivity index (χ0v) is 15.7. The number of nitrogens with one attached hydrogen (secondary N) is 3. The Balaban J connectivity index is 2.04. The molecule has 0 atom stereocenters. The highest BCUT2D eigenvalue weighted by atomic mass is 16.5. The number of aromatic carboxylic acids is 1. The lowest BCUT2D eigenvalue weighted by atomic mass is 10.2. The molecule has 0 bridgehead atoms. The van der Waals surface area contributed by atoms with Gasteiger partial charge in [-0.25, -0.2) is 4.79 Å². The largest absolute Gasteiger partial charge is 0.484 e. The minimum absolute atomic E-state index is 0.0745. The molecule has 0 saturated heterocycles. The van der Waals surface area contributed by atoms with E-state index in [2.05, 4.69) is 16.0 Å². The lowest BCUT2D eigenvalue weighted by Gasteiger charge is -2.09. The molecule has 0 aliphatic carbocycles. The van der Waals surface area contributed by atoms with Crippen molar-refractivity contribution in [2.24, 2.45) is 0 Å². The van der Waals surface area contributed by atoms with E-state index in [9.17, 15) is 19.2 Å². The zero-order valence-electron chi connectivity index (χ0n) is 15.7. The Labute approximate surface area is 162 Å². The van der Waals surface area contributed by atoms with Crippen molar-refractivity contribution in [1.82, 2.24) is 16.0 Å². The fraction of sp³-hybridized carbons (Fsp3) is 0.444. The Kier molecular flexibility index (Phi) is 10.7. The van der Waals surface area contributed by atoms with E-state index in [1.807, 2.05) is 0 Å². The molecule has 0 fully saturated rings. The van der Waals surface area contributed by atoms with Crippen LogP contribution >= 0.6 is 0 Å². The first-order chi connectivity index (χ1) is 13.4. The van der Waals surface area contributed by atoms with Crippen LogP contribution in [-0.4, -0.2) is 68.3 Å². The average molecular weight is 395 g/mol. The number of carbonyl (C=O) groups excluding carboxylic acids is 3. The van der Waals surface area contributed by atoms with Crippen molar-refractivity contribution in [3.8, 4) is 5.75 Å². The summed E-state index contributed by atoms with van der Waals surface area (Å²) in [6, 6.07) is 5.85. The Morgan fingerprint density at radius 3 is 2.39 bits per heavy atom. The first kappa shape index (κ1) is 22.9. The normalized spacial score (nSPS) is 10.0. The van der Waals surface area contributed by atoms with E-state index in [0.29, 0.717) is 13.1 Å². The first-order valence-electron chi connectivity index (χ1n) is 8.70. The van der Waals surface area contributed by atoms with Gasteiger partial charge in [0.2, 0.25) is 11.8 Å². The minimum atomic E-state index is -1.08. The number of hydrogen-bond donors (Lipinski definition) is 4. The van der Waals surface area contributed by atoms with E-state index in [-0.39, 0.29) is 61.8 Å². The molecule has 0 radical (unpaired) electrons. The number of amides is 3. The molecule has 0 saturated carbocycles. The Hall–Kier alpha value is -3.14. The molecular weight excluding hydrogens is 370 g/mol. The molecule has 154 valence electrons. The molecule has 0 spiro atoms. The molecule has 10 heteroatoms. The molecule has 3 amide bonds. The predicted octanol–water partition coefficient (Wildman–Crippen LogP) is -0.461. The smallest absolute Gasteiger partial charge is 0.335 e. The summed E-state index contributed by atoms with van der Waals surface area (Å²) in [5.74, 6) is -1.51. The maximum atomic E-state index is 11.7. The van der Waals surface area contributed by atoms with Gasteiger partial charge in [-0.05, 0) is 18.2 Å². The summed E-state index contributed by atoms with van der Waals surface area (Å²) in [6.45, 7) is 2.57. The Bertz CT molecular complexity index is 679. The van der Waals surface area contributed by atoms with Gasteiger partial charge in [-0.2, -0.15) is 0 Å². The van der Waals surface area contributed by atoms with E-state index >= 15 is 0 Å². The van der Waals surface area contributed by atoms with Crippen molar-refractivity contribution in [2.75, 3.05) is 39.5 Å². The summed E-state index contributed by atoms with van der Waals surface area (Å²) < 4.78 is 10.5. The SMILES string of the molecule is CC(=O)NCCNC(=O)CCOCCNC(=O)COc1cccc(C(=O)O)c1. The highest BCUT2D eigenvalue weighted by Gasteiger charge is 2.06. The highest BCUT2D eigenvalue weighted by Crippen LogP contribution is 2.12. The Morgan fingerprint density at radius 2 is 1.68 bits per heavy atom. The van der Waals surface area contributed by atoms with E-state index in [1.165, 1.54) is 25.1 Å². The molecule has 0 heterocycles. The molecule has 1 aromatic carbocycles. The van der Waals surface area contributed by atoms with Crippen LogP contribution in [0.5, 0.6) is 5.75 Å². The van der Waals surface area contributed by atoms with Crippen molar-refractivity contribution >= 4 is 23.7 Å². The summed E-state index contributed by atoms with van der Waals surface area (Å²) in [4.78, 5) is 44.7. The minimum Gasteiger partial charge on any atom is -0.484 e. The van der Waals surface area contributed by atoms with E-state index in [4.69, 9.17) is 14.6 Å². The molecule has 28 heavy (non-hydrogen) atoms. The second-order valence-corrected chi connectivity index (χ2v) is 5.67. The third-order valence-corrected chi connectivity index (χ3v) is 3.31. The Morgan fingerprint density at radius 1 is 0.964 bits per heavy atom. The predicted molar refractivity (Wildman–Crippen MR) is 99.0 cm³/mol. The third-order valence-electron chi connectivity index (χ3n) is 3.31. The lowest BCUT2D eigenvalue weighted by molar-refractivity contribution is -0.124. The van der Waals surface area contributed by atoms with Gasteiger partial charge in [-0.15, -0.1) is 0 Å². The zero-order chi connectivity index (χ0) is 20.8. The average Bonchev–Trinajstić information content (AvgIpc) is 2.66. The topological polar surface area (TPSA) is 143 Å². The van der Waals surface area contributed by atoms with Gasteiger partial charge >= 0.3 is 5.97 Å². The fourth-order valence-corrected chi connectivity index (χ4v) is 1.98. The number of ether oxygens (including phenoxy) is 2. The molecule has 0 aliphatic rings. The monoisotopic (exact) mass is 395 g/mol. The van der Waals surface area contributed by atoms with Crippen molar-refractivity contribution in [3.63, 3.8) is 0 Å². The van der Waals surface area contributed by atoms with Crippen molar-refractivity contribution in [2.45, 2.75) is 13.3 Å². The van der Waals surface area contributed by atoms with E-state index < -0.39 is 5.97 Å². The van der Waals surface area contributed by atoms with Crippen molar-refractivity contribution < 1.29 is 33.8 Å². The number of benzene rings is 1. The number of hydrogen-bond acceptors (Lipinski definition) is 6. The maximum absolute atomic E-state index is 11.7. The maximum Gasteiger partial charge on any atom is 0.335 e. The van der Waals surface area contributed by atoms with Crippen LogP contribution in [0.2, 0.25) is 0 Å². The van der Waals surface area contributed by atoms with Crippen LogP contribution in [-0.2, 0) is 19.1 Å². The fourth-order valence-electron chi connectivity index (χ4n) is 1.98. The molecule has 1 aromatic rings. The van der Waals surface area contributed by atoms with Gasteiger partial charge in [-0.1, -0.05) is 6.07 Å². The van der Waals surface area contributed by atoms with Gasteiger partial charge in [0.15, 0.2) is 6.61 Å². The van der Waals surface area contributed by atoms with Crippen molar-refractivity contribution in [3.05, 3.63) is 29.8 Å². The molecule has 0 aliphatic heterocycles. The molecule has 0 unspecified atom stereocenters. The van der Waals surface area contributed by atoms with Crippen LogP contribution in [0.25, 0.3) is 0 Å². The summed E-state index contributed by atoms with van der Waals surface area (Å²) in [5.41, 5.74) is 0.0745. The summed E-state index contributed by atoms with van der Waals surface area (Å²) in [7, 11) is 0. The number of carboxylic acids is 1. The first-order valence-corrected chi connectivity index (χ1v) is 8.70. The summed E-state index contributed by atoms with van der Waals surface area (Å²) >= 11 is 0. The van der Waals surface area contributed by atoms with Crippen LogP contribution in [0.15, 0.2) is 24.3 Å². The van der Waals surface area contributed by atoms with E-state index in [1.54, 1.807) is 6.07 Å². The van der Waals surface area contributed by atoms with E-state index in [0.717, 1.165) is 0 Å². The molecular formula is C18H25N3O7. The number of carbonyl (C=O) groups is 4. The highest BCUT2D eigenvalue weighted by molar-refractivity contribution is 5.88. The van der Waals surface area contributed by atoms with Crippen LogP contribution in [0.3, 0.4) is 0 Å². The van der Waals surface area contributed by atoms with Crippen LogP contribution in [0, 0.1) is 0 Å². The second-order valence-electron chi connectivity index (χ2n) is 5.67. The molecule has 0 aromatic heterocycles. The van der Waals surface area contributed by atoms with Crippen LogP contribution in [0.1, 0.15) is 23.7 Å². The number of rotatable bonds is 13. The summed E-state index contributed by atoms with van der Waals surface area (Å²) in [5, 5.41) is 16.7. The molecule has 4 N–H and O–H groups in total.